The normalized spacial score (nSPS) is 12.6. The number of benzene rings is 1. The number of likely N-dealkylation sites (N-methyl/N-ethyl adjacent to an activating group) is 1. The highest BCUT2D eigenvalue weighted by molar-refractivity contribution is 5.83. The predicted octanol–water partition coefficient (Wildman–Crippen LogP) is 1.39. The Kier molecular flexibility index (Phi) is 3.44. The fourth-order valence-electron chi connectivity index (χ4n) is 1.99. The molecule has 1 aromatic carbocycles. The molecule has 1 atom stereocenters. The van der Waals surface area contributed by atoms with Crippen molar-refractivity contribution in [1.29, 1.82) is 0 Å². The van der Waals surface area contributed by atoms with Crippen molar-refractivity contribution < 1.29 is 4.79 Å². The van der Waals surface area contributed by atoms with E-state index in [1.165, 1.54) is 17.9 Å². The Balaban J connectivity index is 2.19. The zero-order chi connectivity index (χ0) is 12.3. The summed E-state index contributed by atoms with van der Waals surface area (Å²) in [5, 5.41) is 7.17. The predicted molar refractivity (Wildman–Crippen MR) is 68.7 cm³/mol. The Bertz CT molecular complexity index is 518. The van der Waals surface area contributed by atoms with E-state index in [0.29, 0.717) is 0 Å². The van der Waals surface area contributed by atoms with Crippen molar-refractivity contribution in [3.8, 4) is 0 Å². The van der Waals surface area contributed by atoms with Gasteiger partial charge >= 0.3 is 0 Å². The minimum absolute atomic E-state index is 0.0239. The number of amides is 1. The molecule has 2 rings (SSSR count). The standard InChI is InChI=1S/C13H17N3O/c1-9(17)16-13(14-2)7-10-8-15-12-6-4-3-5-11(10)12/h3-6,8,13-15H,7H2,1-2H3,(H,16,17)/t13-/m0/s1. The maximum atomic E-state index is 11.0. The van der Waals surface area contributed by atoms with Gasteiger partial charge in [0.25, 0.3) is 0 Å². The molecule has 17 heavy (non-hydrogen) atoms. The molecule has 4 nitrogen and oxygen atoms in total. The van der Waals surface area contributed by atoms with Gasteiger partial charge in [0, 0.05) is 30.4 Å². The number of fused-ring (bicyclic) bond motifs is 1. The molecule has 0 radical (unpaired) electrons. The lowest BCUT2D eigenvalue weighted by atomic mass is 10.1. The smallest absolute Gasteiger partial charge is 0.218 e. The summed E-state index contributed by atoms with van der Waals surface area (Å²) < 4.78 is 0. The van der Waals surface area contributed by atoms with Crippen molar-refractivity contribution in [3.05, 3.63) is 36.0 Å². The van der Waals surface area contributed by atoms with E-state index >= 15 is 0 Å². The Hall–Kier alpha value is -1.81. The van der Waals surface area contributed by atoms with Crippen LogP contribution in [-0.2, 0) is 11.2 Å². The number of nitrogens with one attached hydrogen (secondary N) is 3. The lowest BCUT2D eigenvalue weighted by Gasteiger charge is -2.16. The molecule has 0 unspecified atom stereocenters. The van der Waals surface area contributed by atoms with Crippen LogP contribution in [0.2, 0.25) is 0 Å². The molecule has 4 heteroatoms. The summed E-state index contributed by atoms with van der Waals surface area (Å²) >= 11 is 0. The van der Waals surface area contributed by atoms with Crippen LogP contribution in [0.5, 0.6) is 0 Å². The second-order valence-electron chi connectivity index (χ2n) is 4.11. The van der Waals surface area contributed by atoms with Crippen LogP contribution < -0.4 is 10.6 Å². The molecule has 0 saturated heterocycles. The molecule has 0 fully saturated rings. The summed E-state index contributed by atoms with van der Waals surface area (Å²) in [6, 6.07) is 8.16. The zero-order valence-electron chi connectivity index (χ0n) is 10.1. The molecule has 1 aromatic heterocycles. The minimum atomic E-state index is -0.0355. The van der Waals surface area contributed by atoms with Crippen LogP contribution in [0.1, 0.15) is 12.5 Å². The average Bonchev–Trinajstić information content (AvgIpc) is 2.71. The first-order valence-electron chi connectivity index (χ1n) is 5.70. The van der Waals surface area contributed by atoms with E-state index in [0.717, 1.165) is 11.9 Å². The highest BCUT2D eigenvalue weighted by Gasteiger charge is 2.11. The van der Waals surface area contributed by atoms with Gasteiger partial charge in [0.15, 0.2) is 0 Å². The van der Waals surface area contributed by atoms with Crippen molar-refractivity contribution in [1.82, 2.24) is 15.6 Å². The number of aromatic nitrogens is 1. The van der Waals surface area contributed by atoms with Gasteiger partial charge < -0.3 is 15.6 Å². The van der Waals surface area contributed by atoms with Crippen LogP contribution in [0.15, 0.2) is 30.5 Å². The Morgan fingerprint density at radius 3 is 2.88 bits per heavy atom. The largest absolute Gasteiger partial charge is 0.361 e. The number of aromatic amines is 1. The number of hydrogen-bond acceptors (Lipinski definition) is 2. The zero-order valence-corrected chi connectivity index (χ0v) is 10.1. The van der Waals surface area contributed by atoms with E-state index in [-0.39, 0.29) is 12.1 Å². The summed E-state index contributed by atoms with van der Waals surface area (Å²) in [5.41, 5.74) is 2.33. The summed E-state index contributed by atoms with van der Waals surface area (Å²) in [6.45, 7) is 1.53. The Morgan fingerprint density at radius 2 is 2.18 bits per heavy atom. The third-order valence-corrected chi connectivity index (χ3v) is 2.82. The van der Waals surface area contributed by atoms with Crippen LogP contribution in [-0.4, -0.2) is 24.1 Å². The van der Waals surface area contributed by atoms with Gasteiger partial charge in [0.05, 0.1) is 6.17 Å². The maximum Gasteiger partial charge on any atom is 0.218 e. The number of hydrogen-bond donors (Lipinski definition) is 3. The molecular weight excluding hydrogens is 214 g/mol. The number of para-hydroxylation sites is 1. The molecule has 2 aromatic rings. The summed E-state index contributed by atoms with van der Waals surface area (Å²) in [4.78, 5) is 14.3. The fraction of sp³-hybridized carbons (Fsp3) is 0.308. The summed E-state index contributed by atoms with van der Waals surface area (Å²) in [7, 11) is 1.84. The van der Waals surface area contributed by atoms with E-state index in [1.807, 2.05) is 31.4 Å². The Morgan fingerprint density at radius 1 is 1.41 bits per heavy atom. The summed E-state index contributed by atoms with van der Waals surface area (Å²) in [6.07, 6.45) is 2.73. The van der Waals surface area contributed by atoms with Crippen LogP contribution in [0, 0.1) is 0 Å². The lowest BCUT2D eigenvalue weighted by Crippen LogP contribution is -2.44. The van der Waals surface area contributed by atoms with Gasteiger partial charge in [-0.25, -0.2) is 0 Å². The first-order chi connectivity index (χ1) is 8.20. The molecule has 0 aliphatic rings. The first-order valence-corrected chi connectivity index (χ1v) is 5.70. The number of carbonyl (C=O) groups excluding carboxylic acids is 1. The molecular formula is C13H17N3O. The lowest BCUT2D eigenvalue weighted by molar-refractivity contribution is -0.119. The SMILES string of the molecule is CN[C@H](Cc1c[nH]c2ccccc12)NC(C)=O. The molecule has 0 saturated carbocycles. The fourth-order valence-corrected chi connectivity index (χ4v) is 1.99. The van der Waals surface area contributed by atoms with Crippen molar-refractivity contribution >= 4 is 16.8 Å². The molecule has 0 bridgehead atoms. The van der Waals surface area contributed by atoms with Crippen LogP contribution in [0.4, 0.5) is 0 Å². The van der Waals surface area contributed by atoms with E-state index in [9.17, 15) is 4.79 Å². The van der Waals surface area contributed by atoms with Crippen molar-refractivity contribution in [2.24, 2.45) is 0 Å². The Labute approximate surface area is 100 Å². The molecule has 0 aliphatic carbocycles. The van der Waals surface area contributed by atoms with E-state index in [1.54, 1.807) is 0 Å². The van der Waals surface area contributed by atoms with Gasteiger partial charge in [-0.05, 0) is 18.7 Å². The number of H-pyrrole nitrogens is 1. The van der Waals surface area contributed by atoms with E-state index < -0.39 is 0 Å². The van der Waals surface area contributed by atoms with Gasteiger partial charge in [0.2, 0.25) is 5.91 Å². The van der Waals surface area contributed by atoms with Gasteiger partial charge in [-0.1, -0.05) is 18.2 Å². The van der Waals surface area contributed by atoms with Gasteiger partial charge in [0.1, 0.15) is 0 Å². The monoisotopic (exact) mass is 231 g/mol. The first kappa shape index (κ1) is 11.7. The van der Waals surface area contributed by atoms with Gasteiger partial charge in [-0.15, -0.1) is 0 Å². The van der Waals surface area contributed by atoms with E-state index in [2.05, 4.69) is 21.7 Å². The van der Waals surface area contributed by atoms with Crippen molar-refractivity contribution in [2.75, 3.05) is 7.05 Å². The van der Waals surface area contributed by atoms with Crippen LogP contribution >= 0.6 is 0 Å². The number of rotatable bonds is 4. The summed E-state index contributed by atoms with van der Waals surface area (Å²) in [5.74, 6) is -0.0239. The molecule has 0 aliphatic heterocycles. The molecule has 1 heterocycles. The third-order valence-electron chi connectivity index (χ3n) is 2.82. The third kappa shape index (κ3) is 2.65. The highest BCUT2D eigenvalue weighted by Crippen LogP contribution is 2.18. The topological polar surface area (TPSA) is 56.9 Å². The minimum Gasteiger partial charge on any atom is -0.361 e. The quantitative estimate of drug-likeness (QED) is 0.696. The van der Waals surface area contributed by atoms with Gasteiger partial charge in [-0.2, -0.15) is 0 Å². The number of carbonyl (C=O) groups is 1. The average molecular weight is 231 g/mol. The second-order valence-corrected chi connectivity index (χ2v) is 4.11. The van der Waals surface area contributed by atoms with Crippen LogP contribution in [0.3, 0.4) is 0 Å². The van der Waals surface area contributed by atoms with Crippen LogP contribution in [0.25, 0.3) is 10.9 Å². The van der Waals surface area contributed by atoms with Crippen molar-refractivity contribution in [2.45, 2.75) is 19.5 Å². The molecule has 3 N–H and O–H groups in total. The van der Waals surface area contributed by atoms with E-state index in [4.69, 9.17) is 0 Å². The maximum absolute atomic E-state index is 11.0. The van der Waals surface area contributed by atoms with Gasteiger partial charge in [-0.3, -0.25) is 4.79 Å². The molecule has 1 amide bonds. The molecule has 90 valence electrons. The molecule has 0 spiro atoms. The highest BCUT2D eigenvalue weighted by atomic mass is 16.1. The van der Waals surface area contributed by atoms with Crippen molar-refractivity contribution in [3.63, 3.8) is 0 Å². The second kappa shape index (κ2) is 5.01.